The molecular weight excluding hydrogens is 352 g/mol. The summed E-state index contributed by atoms with van der Waals surface area (Å²) in [4.78, 5) is 22.7. The number of benzene rings is 2. The maximum absolute atomic E-state index is 12.4. The van der Waals surface area contributed by atoms with Gasteiger partial charge in [-0.2, -0.15) is 0 Å². The first-order valence-electron chi connectivity index (χ1n) is 6.32. The van der Waals surface area contributed by atoms with Crippen LogP contribution in [0, 0.1) is 17.0 Å². The molecule has 0 heterocycles. The maximum Gasteiger partial charge on any atom is 0.271 e. The van der Waals surface area contributed by atoms with Crippen LogP contribution < -0.4 is 10.1 Å². The number of nitro benzene ring substituents is 1. The predicted molar refractivity (Wildman–Crippen MR) is 86.5 cm³/mol. The van der Waals surface area contributed by atoms with Crippen molar-refractivity contribution in [3.05, 3.63) is 62.1 Å². The van der Waals surface area contributed by atoms with Crippen LogP contribution in [0.1, 0.15) is 15.9 Å². The molecule has 0 aliphatic rings. The van der Waals surface area contributed by atoms with Gasteiger partial charge >= 0.3 is 0 Å². The highest BCUT2D eigenvalue weighted by molar-refractivity contribution is 9.10. The molecule has 114 valence electrons. The summed E-state index contributed by atoms with van der Waals surface area (Å²) < 4.78 is 5.70. The van der Waals surface area contributed by atoms with Crippen LogP contribution in [0.15, 0.2) is 40.9 Å². The minimum atomic E-state index is -0.503. The molecule has 2 aromatic rings. The van der Waals surface area contributed by atoms with Gasteiger partial charge in [-0.1, -0.05) is 6.07 Å². The topological polar surface area (TPSA) is 81.5 Å². The van der Waals surface area contributed by atoms with Gasteiger partial charge in [0.05, 0.1) is 23.3 Å². The summed E-state index contributed by atoms with van der Waals surface area (Å²) in [6.07, 6.45) is 0. The van der Waals surface area contributed by atoms with Crippen molar-refractivity contribution in [2.24, 2.45) is 0 Å². The Balaban J connectivity index is 2.33. The minimum absolute atomic E-state index is 0.0781. The Hall–Kier alpha value is -2.41. The molecule has 1 N–H and O–H groups in total. The molecule has 0 saturated carbocycles. The lowest BCUT2D eigenvalue weighted by Gasteiger charge is -2.10. The number of nitrogens with one attached hydrogen (secondary N) is 1. The number of rotatable bonds is 4. The fraction of sp³-hybridized carbons (Fsp3) is 0.133. The van der Waals surface area contributed by atoms with Crippen molar-refractivity contribution in [2.45, 2.75) is 6.92 Å². The van der Waals surface area contributed by atoms with Crippen molar-refractivity contribution >= 4 is 33.2 Å². The summed E-state index contributed by atoms with van der Waals surface area (Å²) in [5.41, 5.74) is 1.43. The molecule has 0 atom stereocenters. The van der Waals surface area contributed by atoms with Crippen molar-refractivity contribution in [3.8, 4) is 5.75 Å². The van der Waals surface area contributed by atoms with E-state index in [1.165, 1.54) is 19.2 Å². The Kier molecular flexibility index (Phi) is 4.77. The Labute approximate surface area is 135 Å². The Morgan fingerprint density at radius 2 is 2.00 bits per heavy atom. The summed E-state index contributed by atoms with van der Waals surface area (Å²) >= 11 is 3.31. The first-order chi connectivity index (χ1) is 10.4. The number of hydrogen-bond acceptors (Lipinski definition) is 4. The van der Waals surface area contributed by atoms with Crippen LogP contribution in [0.4, 0.5) is 11.4 Å². The van der Waals surface area contributed by atoms with Gasteiger partial charge in [0.2, 0.25) is 0 Å². The highest BCUT2D eigenvalue weighted by Gasteiger charge is 2.15. The van der Waals surface area contributed by atoms with Crippen molar-refractivity contribution < 1.29 is 14.5 Å². The second-order valence-electron chi connectivity index (χ2n) is 4.56. The van der Waals surface area contributed by atoms with E-state index in [1.807, 2.05) is 0 Å². The molecule has 2 rings (SSSR count). The van der Waals surface area contributed by atoms with Gasteiger partial charge in [0.1, 0.15) is 5.75 Å². The summed E-state index contributed by atoms with van der Waals surface area (Å²) in [6.45, 7) is 1.76. The van der Waals surface area contributed by atoms with Crippen molar-refractivity contribution in [2.75, 3.05) is 12.4 Å². The largest absolute Gasteiger partial charge is 0.497 e. The number of aryl methyl sites for hydroxylation is 1. The highest BCUT2D eigenvalue weighted by atomic mass is 79.9. The number of methoxy groups -OCH3 is 1. The summed E-state index contributed by atoms with van der Waals surface area (Å²) in [5.74, 6) is 0.165. The van der Waals surface area contributed by atoms with Gasteiger partial charge in [0.15, 0.2) is 0 Å². The average Bonchev–Trinajstić information content (AvgIpc) is 2.49. The molecule has 0 aliphatic heterocycles. The summed E-state index contributed by atoms with van der Waals surface area (Å²) in [6, 6.07) is 9.34. The fourth-order valence-corrected chi connectivity index (χ4v) is 2.28. The molecule has 6 nitrogen and oxygen atoms in total. The van der Waals surface area contributed by atoms with Crippen molar-refractivity contribution in [3.63, 3.8) is 0 Å². The fourth-order valence-electron chi connectivity index (χ4n) is 1.85. The number of nitro groups is 1. The van der Waals surface area contributed by atoms with Gasteiger partial charge < -0.3 is 10.1 Å². The SMILES string of the molecule is COc1ccc(Br)c(C(=O)Nc2cc([N+](=O)[O-])ccc2C)c1. The molecule has 0 bridgehead atoms. The monoisotopic (exact) mass is 364 g/mol. The molecule has 0 spiro atoms. The van der Waals surface area contributed by atoms with Crippen LogP contribution in [0.2, 0.25) is 0 Å². The number of nitrogens with zero attached hydrogens (tertiary/aromatic N) is 1. The van der Waals surface area contributed by atoms with Gasteiger partial charge in [-0.15, -0.1) is 0 Å². The molecule has 2 aromatic carbocycles. The number of amides is 1. The number of anilines is 1. The Bertz CT molecular complexity index is 746. The Morgan fingerprint density at radius 1 is 1.27 bits per heavy atom. The van der Waals surface area contributed by atoms with Crippen LogP contribution in [0.5, 0.6) is 5.75 Å². The van der Waals surface area contributed by atoms with E-state index in [4.69, 9.17) is 4.74 Å². The first kappa shape index (κ1) is 16.0. The van der Waals surface area contributed by atoms with E-state index >= 15 is 0 Å². The smallest absolute Gasteiger partial charge is 0.271 e. The molecular formula is C15H13BrN2O4. The van der Waals surface area contributed by atoms with Gasteiger partial charge in [-0.3, -0.25) is 14.9 Å². The van der Waals surface area contributed by atoms with Gasteiger partial charge in [0, 0.05) is 16.6 Å². The number of halogens is 1. The quantitative estimate of drug-likeness (QED) is 0.658. The van der Waals surface area contributed by atoms with Gasteiger partial charge in [-0.25, -0.2) is 0 Å². The van der Waals surface area contributed by atoms with E-state index in [-0.39, 0.29) is 11.6 Å². The van der Waals surface area contributed by atoms with Gasteiger partial charge in [-0.05, 0) is 46.6 Å². The van der Waals surface area contributed by atoms with Crippen molar-refractivity contribution in [1.29, 1.82) is 0 Å². The normalized spacial score (nSPS) is 10.1. The number of carbonyl (C=O) groups excluding carboxylic acids is 1. The lowest BCUT2D eigenvalue weighted by atomic mass is 10.1. The highest BCUT2D eigenvalue weighted by Crippen LogP contribution is 2.26. The zero-order valence-corrected chi connectivity index (χ0v) is 13.5. The zero-order valence-electron chi connectivity index (χ0n) is 11.9. The molecule has 0 saturated heterocycles. The number of carbonyl (C=O) groups is 1. The van der Waals surface area contributed by atoms with E-state index in [9.17, 15) is 14.9 Å². The third-order valence-electron chi connectivity index (χ3n) is 3.10. The standard InChI is InChI=1S/C15H13BrN2O4/c1-9-3-4-10(18(20)21)7-14(9)17-15(19)12-8-11(22-2)5-6-13(12)16/h3-8H,1-2H3,(H,17,19). The van der Waals surface area contributed by atoms with E-state index in [2.05, 4.69) is 21.2 Å². The van der Waals surface area contributed by atoms with Crippen molar-refractivity contribution in [1.82, 2.24) is 0 Å². The molecule has 22 heavy (non-hydrogen) atoms. The zero-order chi connectivity index (χ0) is 16.3. The molecule has 0 radical (unpaired) electrons. The van der Waals surface area contributed by atoms with Crippen LogP contribution in [-0.2, 0) is 0 Å². The van der Waals surface area contributed by atoms with Crippen LogP contribution in [-0.4, -0.2) is 17.9 Å². The third kappa shape index (κ3) is 3.43. The predicted octanol–water partition coefficient (Wildman–Crippen LogP) is 3.93. The molecule has 7 heteroatoms. The second-order valence-corrected chi connectivity index (χ2v) is 5.41. The van der Waals surface area contributed by atoms with Crippen LogP contribution in [0.3, 0.4) is 0 Å². The van der Waals surface area contributed by atoms with E-state index in [0.717, 1.165) is 5.56 Å². The first-order valence-corrected chi connectivity index (χ1v) is 7.11. The second kappa shape index (κ2) is 6.57. The van der Waals surface area contributed by atoms with Crippen LogP contribution in [0.25, 0.3) is 0 Å². The van der Waals surface area contributed by atoms with Crippen LogP contribution >= 0.6 is 15.9 Å². The third-order valence-corrected chi connectivity index (χ3v) is 3.79. The number of ether oxygens (including phenoxy) is 1. The average molecular weight is 365 g/mol. The number of non-ortho nitro benzene ring substituents is 1. The summed E-state index contributed by atoms with van der Waals surface area (Å²) in [5, 5.41) is 13.5. The lowest BCUT2D eigenvalue weighted by molar-refractivity contribution is -0.384. The van der Waals surface area contributed by atoms with E-state index < -0.39 is 4.92 Å². The van der Waals surface area contributed by atoms with E-state index in [1.54, 1.807) is 31.2 Å². The minimum Gasteiger partial charge on any atom is -0.497 e. The Morgan fingerprint density at radius 3 is 2.64 bits per heavy atom. The molecule has 0 aliphatic carbocycles. The number of hydrogen-bond donors (Lipinski definition) is 1. The molecule has 0 aromatic heterocycles. The lowest BCUT2D eigenvalue weighted by Crippen LogP contribution is -2.13. The maximum atomic E-state index is 12.4. The molecule has 1 amide bonds. The summed E-state index contributed by atoms with van der Waals surface area (Å²) in [7, 11) is 1.51. The molecule has 0 fully saturated rings. The molecule has 0 unspecified atom stereocenters. The van der Waals surface area contributed by atoms with E-state index in [0.29, 0.717) is 21.5 Å². The van der Waals surface area contributed by atoms with Gasteiger partial charge in [0.25, 0.3) is 11.6 Å².